The van der Waals surface area contributed by atoms with Gasteiger partial charge < -0.3 is 10.4 Å². The van der Waals surface area contributed by atoms with Crippen LogP contribution in [0.1, 0.15) is 36.0 Å². The summed E-state index contributed by atoms with van der Waals surface area (Å²) in [7, 11) is 0. The van der Waals surface area contributed by atoms with Crippen LogP contribution in [0.5, 0.6) is 0 Å². The van der Waals surface area contributed by atoms with Crippen molar-refractivity contribution in [1.82, 2.24) is 5.32 Å². The molecular weight excluding hydrogens is 226 g/mol. The average molecular weight is 247 g/mol. The Labute approximate surface area is 108 Å². The van der Waals surface area contributed by atoms with Crippen molar-refractivity contribution in [1.29, 1.82) is 0 Å². The molecule has 0 saturated heterocycles. The van der Waals surface area contributed by atoms with E-state index >= 15 is 0 Å². The van der Waals surface area contributed by atoms with Crippen LogP contribution in [0.15, 0.2) is 18.2 Å². The number of hydrogen-bond acceptors (Lipinski definition) is 2. The third-order valence-electron chi connectivity index (χ3n) is 4.04. The van der Waals surface area contributed by atoms with Gasteiger partial charge in [0, 0.05) is 6.54 Å². The molecule has 18 heavy (non-hydrogen) atoms. The van der Waals surface area contributed by atoms with Gasteiger partial charge >= 0.3 is 0 Å². The molecule has 98 valence electrons. The van der Waals surface area contributed by atoms with Crippen LogP contribution in [0.2, 0.25) is 0 Å². The summed E-state index contributed by atoms with van der Waals surface area (Å²) in [6.07, 6.45) is 2.65. The SMILES string of the molecule is Cc1ccc(C)c(CNC(=O)C2(CO)CCC2)c1. The van der Waals surface area contributed by atoms with Gasteiger partial charge in [0.15, 0.2) is 0 Å². The lowest BCUT2D eigenvalue weighted by Gasteiger charge is -2.38. The van der Waals surface area contributed by atoms with E-state index in [0.717, 1.165) is 24.8 Å². The van der Waals surface area contributed by atoms with E-state index in [9.17, 15) is 9.90 Å². The summed E-state index contributed by atoms with van der Waals surface area (Å²) >= 11 is 0. The number of aryl methyl sites for hydroxylation is 2. The number of carbonyl (C=O) groups excluding carboxylic acids is 1. The van der Waals surface area contributed by atoms with Gasteiger partial charge in [-0.3, -0.25) is 4.79 Å². The highest BCUT2D eigenvalue weighted by molar-refractivity contribution is 5.83. The zero-order chi connectivity index (χ0) is 13.2. The van der Waals surface area contributed by atoms with Gasteiger partial charge in [0.1, 0.15) is 0 Å². The molecular formula is C15H21NO2. The van der Waals surface area contributed by atoms with Crippen molar-refractivity contribution in [2.75, 3.05) is 6.61 Å². The van der Waals surface area contributed by atoms with Gasteiger partial charge in [0.05, 0.1) is 12.0 Å². The summed E-state index contributed by atoms with van der Waals surface area (Å²) in [5.41, 5.74) is 3.03. The second-order valence-corrected chi connectivity index (χ2v) is 5.40. The minimum absolute atomic E-state index is 0.00263. The first-order chi connectivity index (χ1) is 8.57. The third-order valence-corrected chi connectivity index (χ3v) is 4.04. The molecule has 1 aliphatic carbocycles. The van der Waals surface area contributed by atoms with Crippen molar-refractivity contribution in [2.24, 2.45) is 5.41 Å². The second-order valence-electron chi connectivity index (χ2n) is 5.40. The normalized spacial score (nSPS) is 17.1. The monoisotopic (exact) mass is 247 g/mol. The Balaban J connectivity index is 1.99. The van der Waals surface area contributed by atoms with Crippen LogP contribution in [0, 0.1) is 19.3 Å². The minimum atomic E-state index is -0.502. The van der Waals surface area contributed by atoms with Gasteiger partial charge in [-0.2, -0.15) is 0 Å². The van der Waals surface area contributed by atoms with Gasteiger partial charge in [-0.15, -0.1) is 0 Å². The summed E-state index contributed by atoms with van der Waals surface area (Å²) < 4.78 is 0. The number of rotatable bonds is 4. The first kappa shape index (κ1) is 13.1. The van der Waals surface area contributed by atoms with Gasteiger partial charge in [-0.1, -0.05) is 30.2 Å². The molecule has 0 aliphatic heterocycles. The fraction of sp³-hybridized carbons (Fsp3) is 0.533. The number of benzene rings is 1. The molecule has 1 amide bonds. The average Bonchev–Trinajstić information content (AvgIpc) is 2.29. The Morgan fingerprint density at radius 3 is 2.67 bits per heavy atom. The van der Waals surface area contributed by atoms with Crippen molar-refractivity contribution < 1.29 is 9.90 Å². The molecule has 2 rings (SSSR count). The predicted octanol–water partition coefficient (Wildman–Crippen LogP) is 2.08. The number of amides is 1. The van der Waals surface area contributed by atoms with Crippen LogP contribution in [0.25, 0.3) is 0 Å². The van der Waals surface area contributed by atoms with E-state index in [1.54, 1.807) is 0 Å². The standard InChI is InChI=1S/C15H21NO2/c1-11-4-5-12(2)13(8-11)9-16-14(18)15(10-17)6-3-7-15/h4-5,8,17H,3,6-7,9-10H2,1-2H3,(H,16,18). The highest BCUT2D eigenvalue weighted by Gasteiger charge is 2.43. The molecule has 1 aliphatic rings. The van der Waals surface area contributed by atoms with Crippen LogP contribution in [0.4, 0.5) is 0 Å². The number of aliphatic hydroxyl groups is 1. The maximum Gasteiger partial charge on any atom is 0.228 e. The molecule has 0 spiro atoms. The zero-order valence-electron chi connectivity index (χ0n) is 11.1. The van der Waals surface area contributed by atoms with E-state index in [1.807, 2.05) is 13.8 Å². The second kappa shape index (κ2) is 5.11. The molecule has 1 aromatic rings. The molecule has 0 atom stereocenters. The van der Waals surface area contributed by atoms with Crippen LogP contribution in [-0.2, 0) is 11.3 Å². The summed E-state index contributed by atoms with van der Waals surface area (Å²) in [6, 6.07) is 6.24. The number of carbonyl (C=O) groups is 1. The molecule has 0 radical (unpaired) electrons. The van der Waals surface area contributed by atoms with Gasteiger partial charge in [0.2, 0.25) is 5.91 Å². The van der Waals surface area contributed by atoms with E-state index in [-0.39, 0.29) is 12.5 Å². The van der Waals surface area contributed by atoms with Crippen molar-refractivity contribution >= 4 is 5.91 Å². The lowest BCUT2D eigenvalue weighted by atomic mass is 9.68. The molecule has 0 heterocycles. The first-order valence-corrected chi connectivity index (χ1v) is 6.53. The van der Waals surface area contributed by atoms with Crippen LogP contribution < -0.4 is 5.32 Å². The molecule has 2 N–H and O–H groups in total. The predicted molar refractivity (Wildman–Crippen MR) is 71.1 cm³/mol. The molecule has 3 heteroatoms. The number of nitrogens with one attached hydrogen (secondary N) is 1. The van der Waals surface area contributed by atoms with Gasteiger partial charge in [-0.25, -0.2) is 0 Å². The van der Waals surface area contributed by atoms with Gasteiger partial charge in [0.25, 0.3) is 0 Å². The minimum Gasteiger partial charge on any atom is -0.395 e. The fourth-order valence-corrected chi connectivity index (χ4v) is 2.41. The fourth-order valence-electron chi connectivity index (χ4n) is 2.41. The molecule has 3 nitrogen and oxygen atoms in total. The van der Waals surface area contributed by atoms with E-state index in [0.29, 0.717) is 6.54 Å². The maximum absolute atomic E-state index is 12.1. The molecule has 0 unspecified atom stereocenters. The molecule has 1 saturated carbocycles. The lowest BCUT2D eigenvalue weighted by Crippen LogP contribution is -2.47. The van der Waals surface area contributed by atoms with Crippen molar-refractivity contribution in [3.05, 3.63) is 34.9 Å². The molecule has 0 bridgehead atoms. The van der Waals surface area contributed by atoms with E-state index in [2.05, 4.69) is 23.5 Å². The molecule has 1 aromatic carbocycles. The highest BCUT2D eigenvalue weighted by atomic mass is 16.3. The number of hydrogen-bond donors (Lipinski definition) is 2. The molecule has 0 aromatic heterocycles. The Morgan fingerprint density at radius 1 is 1.39 bits per heavy atom. The van der Waals surface area contributed by atoms with E-state index in [1.165, 1.54) is 11.1 Å². The van der Waals surface area contributed by atoms with E-state index < -0.39 is 5.41 Å². The largest absolute Gasteiger partial charge is 0.395 e. The summed E-state index contributed by atoms with van der Waals surface area (Å²) in [6.45, 7) is 4.61. The third kappa shape index (κ3) is 2.41. The summed E-state index contributed by atoms with van der Waals surface area (Å²) in [5.74, 6) is -0.00263. The van der Waals surface area contributed by atoms with E-state index in [4.69, 9.17) is 0 Å². The topological polar surface area (TPSA) is 49.3 Å². The van der Waals surface area contributed by atoms with Crippen molar-refractivity contribution in [3.63, 3.8) is 0 Å². The Hall–Kier alpha value is -1.35. The zero-order valence-corrected chi connectivity index (χ0v) is 11.1. The van der Waals surface area contributed by atoms with Crippen LogP contribution in [0.3, 0.4) is 0 Å². The maximum atomic E-state index is 12.1. The van der Waals surface area contributed by atoms with Crippen LogP contribution in [-0.4, -0.2) is 17.6 Å². The summed E-state index contributed by atoms with van der Waals surface area (Å²) in [4.78, 5) is 12.1. The van der Waals surface area contributed by atoms with Crippen molar-refractivity contribution in [3.8, 4) is 0 Å². The Morgan fingerprint density at radius 2 is 2.11 bits per heavy atom. The van der Waals surface area contributed by atoms with Crippen molar-refractivity contribution in [2.45, 2.75) is 39.7 Å². The first-order valence-electron chi connectivity index (χ1n) is 6.53. The van der Waals surface area contributed by atoms with Crippen LogP contribution >= 0.6 is 0 Å². The Bertz CT molecular complexity index is 444. The van der Waals surface area contributed by atoms with Gasteiger partial charge in [-0.05, 0) is 37.8 Å². The Kier molecular flexibility index (Phi) is 3.71. The smallest absolute Gasteiger partial charge is 0.228 e. The number of aliphatic hydroxyl groups excluding tert-OH is 1. The highest BCUT2D eigenvalue weighted by Crippen LogP contribution is 2.40. The summed E-state index contributed by atoms with van der Waals surface area (Å²) in [5, 5.41) is 12.3. The lowest BCUT2D eigenvalue weighted by molar-refractivity contribution is -0.139. The quantitative estimate of drug-likeness (QED) is 0.856. The molecule has 1 fully saturated rings.